The van der Waals surface area contributed by atoms with Crippen LogP contribution in [0.5, 0.6) is 11.5 Å². The van der Waals surface area contributed by atoms with Crippen molar-refractivity contribution in [2.24, 2.45) is 5.92 Å². The van der Waals surface area contributed by atoms with Crippen LogP contribution in [-0.4, -0.2) is 48.9 Å². The highest BCUT2D eigenvalue weighted by atomic mass is 16.7. The van der Waals surface area contributed by atoms with Gasteiger partial charge in [-0.2, -0.15) is 0 Å². The van der Waals surface area contributed by atoms with E-state index in [1.165, 1.54) is 62.2 Å². The van der Waals surface area contributed by atoms with Crippen molar-refractivity contribution in [3.05, 3.63) is 52.8 Å². The minimum atomic E-state index is -0.944. The molecule has 3 rings (SSSR count). The second-order valence-corrected chi connectivity index (χ2v) is 10.2. The summed E-state index contributed by atoms with van der Waals surface area (Å²) >= 11 is 0. The van der Waals surface area contributed by atoms with Crippen molar-refractivity contribution in [1.29, 1.82) is 0 Å². The molecular weight excluding hydrogens is 500 g/mol. The molecule has 1 heterocycles. The van der Waals surface area contributed by atoms with E-state index in [9.17, 15) is 14.4 Å². The Hall–Kier alpha value is -3.62. The highest BCUT2D eigenvalue weighted by molar-refractivity contribution is 5.98. The van der Waals surface area contributed by atoms with Crippen molar-refractivity contribution in [2.45, 2.75) is 84.8 Å². The number of hydrogen-bond donors (Lipinski definition) is 1. The summed E-state index contributed by atoms with van der Waals surface area (Å²) in [5, 5.41) is 2.65. The monoisotopic (exact) mass is 540 g/mol. The molecule has 0 aliphatic heterocycles. The molecule has 0 unspecified atom stereocenters. The molecular formula is C30H40N2O7. The molecule has 3 atom stereocenters. The van der Waals surface area contributed by atoms with Crippen molar-refractivity contribution < 1.29 is 33.3 Å². The Morgan fingerprint density at radius 3 is 2.44 bits per heavy atom. The van der Waals surface area contributed by atoms with Gasteiger partial charge in [-0.1, -0.05) is 43.0 Å². The van der Waals surface area contributed by atoms with Crippen molar-refractivity contribution in [2.75, 3.05) is 13.9 Å². The van der Waals surface area contributed by atoms with E-state index in [0.717, 1.165) is 12.8 Å². The lowest BCUT2D eigenvalue weighted by atomic mass is 9.73. The fourth-order valence-corrected chi connectivity index (χ4v) is 5.33. The summed E-state index contributed by atoms with van der Waals surface area (Å²) in [6.07, 6.45) is 6.80. The van der Waals surface area contributed by atoms with Gasteiger partial charge >= 0.3 is 11.9 Å². The van der Waals surface area contributed by atoms with E-state index in [2.05, 4.69) is 42.3 Å². The lowest BCUT2D eigenvalue weighted by Gasteiger charge is -2.35. The van der Waals surface area contributed by atoms with Crippen molar-refractivity contribution in [3.8, 4) is 11.5 Å². The van der Waals surface area contributed by atoms with E-state index in [1.807, 2.05) is 6.92 Å². The van der Waals surface area contributed by atoms with Crippen LogP contribution >= 0.6 is 0 Å². The molecule has 39 heavy (non-hydrogen) atoms. The predicted octanol–water partition coefficient (Wildman–Crippen LogP) is 5.02. The first kappa shape index (κ1) is 29.9. The van der Waals surface area contributed by atoms with Gasteiger partial charge in [-0.15, -0.1) is 0 Å². The van der Waals surface area contributed by atoms with Crippen molar-refractivity contribution >= 4 is 17.8 Å². The van der Waals surface area contributed by atoms with Crippen molar-refractivity contribution in [1.82, 2.24) is 10.3 Å². The Morgan fingerprint density at radius 1 is 1.08 bits per heavy atom. The number of carbonyl (C=O) groups is 3. The van der Waals surface area contributed by atoms with Gasteiger partial charge in [0.15, 0.2) is 17.2 Å². The third-order valence-electron chi connectivity index (χ3n) is 7.22. The largest absolute Gasteiger partial charge is 0.493 e. The fraction of sp³-hybridized carbons (Fsp3) is 0.533. The van der Waals surface area contributed by atoms with Gasteiger partial charge in [0.05, 0.1) is 7.11 Å². The number of pyridine rings is 1. The number of esters is 2. The van der Waals surface area contributed by atoms with E-state index in [-0.39, 0.29) is 29.2 Å². The Labute approximate surface area is 230 Å². The molecule has 0 saturated heterocycles. The standard InChI is InChI=1S/C30H40N2O7/c1-18-12-13-24(19(2)16-18)26(23-10-8-7-9-11-23)21(4)39-30(35)20(3)32-29(34)27-28(38-17-37-22(5)33)25(36-6)14-15-31-27/h12-16,20-21,23,26H,7-11,17H2,1-6H3,(H,32,34)/t20-,21-,26+/m0/s1. The fourth-order valence-electron chi connectivity index (χ4n) is 5.33. The summed E-state index contributed by atoms with van der Waals surface area (Å²) < 4.78 is 21.5. The zero-order valence-electron chi connectivity index (χ0n) is 23.7. The number of aryl methyl sites for hydroxylation is 2. The van der Waals surface area contributed by atoms with Crippen LogP contribution in [0.3, 0.4) is 0 Å². The molecule has 1 saturated carbocycles. The van der Waals surface area contributed by atoms with Crippen LogP contribution in [0.25, 0.3) is 0 Å². The molecule has 1 amide bonds. The Kier molecular flexibility index (Phi) is 10.7. The van der Waals surface area contributed by atoms with Crippen LogP contribution < -0.4 is 14.8 Å². The summed E-state index contributed by atoms with van der Waals surface area (Å²) in [4.78, 5) is 41.5. The first-order chi connectivity index (χ1) is 18.6. The second-order valence-electron chi connectivity index (χ2n) is 10.2. The van der Waals surface area contributed by atoms with Gasteiger partial charge in [-0.3, -0.25) is 9.59 Å². The van der Waals surface area contributed by atoms with E-state index >= 15 is 0 Å². The van der Waals surface area contributed by atoms with Gasteiger partial charge in [0.2, 0.25) is 6.79 Å². The number of ether oxygens (including phenoxy) is 4. The van der Waals surface area contributed by atoms with E-state index in [4.69, 9.17) is 18.9 Å². The van der Waals surface area contributed by atoms with Crippen LogP contribution in [0.15, 0.2) is 30.5 Å². The third-order valence-corrected chi connectivity index (χ3v) is 7.22. The predicted molar refractivity (Wildman–Crippen MR) is 146 cm³/mol. The summed E-state index contributed by atoms with van der Waals surface area (Å²) in [6, 6.07) is 7.01. The molecule has 9 nitrogen and oxygen atoms in total. The first-order valence-electron chi connectivity index (χ1n) is 13.5. The Morgan fingerprint density at radius 2 is 1.79 bits per heavy atom. The summed E-state index contributed by atoms with van der Waals surface area (Å²) in [5.74, 6) is -1.00. The average Bonchev–Trinajstić information content (AvgIpc) is 2.90. The molecule has 1 fully saturated rings. The number of aromatic nitrogens is 1. The number of carbonyl (C=O) groups excluding carboxylic acids is 3. The lowest BCUT2D eigenvalue weighted by Crippen LogP contribution is -2.42. The van der Waals surface area contributed by atoms with E-state index in [0.29, 0.717) is 5.92 Å². The second kappa shape index (κ2) is 14.0. The number of rotatable bonds is 11. The summed E-state index contributed by atoms with van der Waals surface area (Å²) in [6.45, 7) is 8.51. The third kappa shape index (κ3) is 7.94. The van der Waals surface area contributed by atoms with E-state index < -0.39 is 30.7 Å². The lowest BCUT2D eigenvalue weighted by molar-refractivity contribution is -0.152. The van der Waals surface area contributed by atoms with Crippen LogP contribution in [-0.2, 0) is 19.1 Å². The highest BCUT2D eigenvalue weighted by Gasteiger charge is 2.34. The minimum absolute atomic E-state index is 0.0000980. The zero-order chi connectivity index (χ0) is 28.5. The van der Waals surface area contributed by atoms with E-state index in [1.54, 1.807) is 6.92 Å². The van der Waals surface area contributed by atoms with Crippen molar-refractivity contribution in [3.63, 3.8) is 0 Å². The van der Waals surface area contributed by atoms with Crippen LogP contribution in [0.1, 0.15) is 86.0 Å². The quantitative estimate of drug-likeness (QED) is 0.312. The SMILES string of the molecule is COc1ccnc(C(=O)N[C@@H](C)C(=O)O[C@@H](C)[C@@H](c2ccc(C)cc2C)C2CCCCC2)c1OCOC(C)=O. The molecule has 212 valence electrons. The number of nitrogens with one attached hydrogen (secondary N) is 1. The maximum atomic E-state index is 13.2. The summed E-state index contributed by atoms with van der Waals surface area (Å²) in [7, 11) is 1.41. The van der Waals surface area contributed by atoms with Gasteiger partial charge < -0.3 is 24.3 Å². The number of hydrogen-bond acceptors (Lipinski definition) is 8. The van der Waals surface area contributed by atoms with Crippen LogP contribution in [0.2, 0.25) is 0 Å². The van der Waals surface area contributed by atoms with Gasteiger partial charge in [0.1, 0.15) is 12.1 Å². The zero-order valence-corrected chi connectivity index (χ0v) is 23.7. The smallest absolute Gasteiger partial charge is 0.328 e. The minimum Gasteiger partial charge on any atom is -0.493 e. The molecule has 9 heteroatoms. The Bertz CT molecular complexity index is 1160. The number of methoxy groups -OCH3 is 1. The molecule has 1 aromatic carbocycles. The number of benzene rings is 1. The van der Waals surface area contributed by atoms with Gasteiger partial charge in [-0.25, -0.2) is 9.78 Å². The number of amides is 1. The molecule has 1 N–H and O–H groups in total. The molecule has 0 radical (unpaired) electrons. The maximum absolute atomic E-state index is 13.2. The van der Waals surface area contributed by atoms with Gasteiger partial charge in [0.25, 0.3) is 5.91 Å². The van der Waals surface area contributed by atoms with Gasteiger partial charge in [0, 0.05) is 25.1 Å². The molecule has 1 aliphatic rings. The summed E-state index contributed by atoms with van der Waals surface area (Å²) in [5.41, 5.74) is 3.49. The molecule has 2 aromatic rings. The molecule has 1 aromatic heterocycles. The Balaban J connectivity index is 1.73. The highest BCUT2D eigenvalue weighted by Crippen LogP contribution is 2.40. The first-order valence-corrected chi connectivity index (χ1v) is 13.5. The molecule has 1 aliphatic carbocycles. The normalized spacial score (nSPS) is 15.9. The number of nitrogens with zero attached hydrogens (tertiary/aromatic N) is 1. The average molecular weight is 541 g/mol. The topological polar surface area (TPSA) is 113 Å². The van der Waals surface area contributed by atoms with Gasteiger partial charge in [-0.05, 0) is 57.6 Å². The maximum Gasteiger partial charge on any atom is 0.328 e. The molecule has 0 bridgehead atoms. The van der Waals surface area contributed by atoms with Crippen LogP contribution in [0, 0.1) is 19.8 Å². The van der Waals surface area contributed by atoms with Crippen LogP contribution in [0.4, 0.5) is 0 Å². The molecule has 0 spiro atoms.